The van der Waals surface area contributed by atoms with Gasteiger partial charge in [-0.3, -0.25) is 0 Å². The molecule has 0 nitrogen and oxygen atoms in total. The van der Waals surface area contributed by atoms with Gasteiger partial charge in [-0.15, -0.1) is 0 Å². The van der Waals surface area contributed by atoms with E-state index < -0.39 is 11.6 Å². The topological polar surface area (TPSA) is 0 Å². The summed E-state index contributed by atoms with van der Waals surface area (Å²) in [6.45, 7) is 0. The maximum atomic E-state index is 13.3. The molecular formula is C12H6ClF2. The lowest BCUT2D eigenvalue weighted by atomic mass is 10.0. The fraction of sp³-hybridized carbons (Fsp3) is 0. The van der Waals surface area contributed by atoms with E-state index in [2.05, 4.69) is 6.07 Å². The van der Waals surface area contributed by atoms with Crippen LogP contribution in [-0.2, 0) is 0 Å². The van der Waals surface area contributed by atoms with Gasteiger partial charge in [-0.2, -0.15) is 0 Å². The Kier molecular flexibility index (Phi) is 2.69. The lowest BCUT2D eigenvalue weighted by Gasteiger charge is -2.04. The molecule has 2 rings (SSSR count). The molecule has 0 atom stereocenters. The summed E-state index contributed by atoms with van der Waals surface area (Å²) in [6, 6.07) is 11.0. The second-order valence-corrected chi connectivity index (χ2v) is 3.46. The molecule has 0 unspecified atom stereocenters. The lowest BCUT2D eigenvalue weighted by Crippen LogP contribution is -1.89. The number of benzene rings is 2. The van der Waals surface area contributed by atoms with Gasteiger partial charge in [0.05, 0.1) is 5.56 Å². The van der Waals surface area contributed by atoms with Gasteiger partial charge in [0.15, 0.2) is 0 Å². The minimum Gasteiger partial charge on any atom is -0.206 e. The predicted molar refractivity (Wildman–Crippen MR) is 55.6 cm³/mol. The van der Waals surface area contributed by atoms with Crippen LogP contribution in [0.5, 0.6) is 0 Å². The van der Waals surface area contributed by atoms with E-state index in [-0.39, 0.29) is 5.56 Å². The average molecular weight is 224 g/mol. The number of rotatable bonds is 1. The van der Waals surface area contributed by atoms with Crippen LogP contribution in [0.1, 0.15) is 0 Å². The summed E-state index contributed by atoms with van der Waals surface area (Å²) in [4.78, 5) is 0. The van der Waals surface area contributed by atoms with Crippen molar-refractivity contribution in [2.45, 2.75) is 0 Å². The van der Waals surface area contributed by atoms with Crippen molar-refractivity contribution in [2.75, 3.05) is 0 Å². The first kappa shape index (κ1) is 10.1. The molecule has 2 aromatic rings. The van der Waals surface area contributed by atoms with Gasteiger partial charge in [0.2, 0.25) is 0 Å². The van der Waals surface area contributed by atoms with E-state index in [1.54, 1.807) is 24.3 Å². The SMILES string of the molecule is Fc1[c]ccc(F)c1-c1ccc(Cl)cc1. The summed E-state index contributed by atoms with van der Waals surface area (Å²) < 4.78 is 26.7. The largest absolute Gasteiger partial charge is 0.206 e. The van der Waals surface area contributed by atoms with Crippen molar-refractivity contribution < 1.29 is 8.78 Å². The summed E-state index contributed by atoms with van der Waals surface area (Å²) in [6.07, 6.45) is 0. The normalized spacial score (nSPS) is 10.3. The summed E-state index contributed by atoms with van der Waals surface area (Å²) in [5.74, 6) is -1.30. The van der Waals surface area contributed by atoms with Crippen molar-refractivity contribution in [1.82, 2.24) is 0 Å². The highest BCUT2D eigenvalue weighted by atomic mass is 35.5. The lowest BCUT2D eigenvalue weighted by molar-refractivity contribution is 0.588. The van der Waals surface area contributed by atoms with Crippen molar-refractivity contribution >= 4 is 11.6 Å². The predicted octanol–water partition coefficient (Wildman–Crippen LogP) is 4.09. The van der Waals surface area contributed by atoms with Crippen LogP contribution in [0.3, 0.4) is 0 Å². The highest BCUT2D eigenvalue weighted by Gasteiger charge is 2.10. The standard InChI is InChI=1S/C12H6ClF2/c13-9-6-4-8(5-7-9)12-10(14)2-1-3-11(12)15/h1-2,4-7H. The fourth-order valence-electron chi connectivity index (χ4n) is 1.33. The van der Waals surface area contributed by atoms with Crippen molar-refractivity contribution in [1.29, 1.82) is 0 Å². The Hall–Kier alpha value is -1.41. The van der Waals surface area contributed by atoms with Gasteiger partial charge in [0.25, 0.3) is 0 Å². The van der Waals surface area contributed by atoms with Crippen molar-refractivity contribution in [2.24, 2.45) is 0 Å². The Labute approximate surface area is 91.1 Å². The van der Waals surface area contributed by atoms with E-state index >= 15 is 0 Å². The van der Waals surface area contributed by atoms with Gasteiger partial charge in [-0.05, 0) is 29.8 Å². The van der Waals surface area contributed by atoms with Crippen LogP contribution in [0.4, 0.5) is 8.78 Å². The van der Waals surface area contributed by atoms with Crippen LogP contribution < -0.4 is 0 Å². The molecule has 0 aliphatic rings. The third-order valence-corrected chi connectivity index (χ3v) is 2.28. The van der Waals surface area contributed by atoms with Crippen molar-refractivity contribution in [3.05, 3.63) is 59.1 Å². The first-order chi connectivity index (χ1) is 7.18. The quantitative estimate of drug-likeness (QED) is 0.683. The Morgan fingerprint density at radius 3 is 2.27 bits per heavy atom. The van der Waals surface area contributed by atoms with Gasteiger partial charge in [-0.25, -0.2) is 8.78 Å². The van der Waals surface area contributed by atoms with Gasteiger partial charge >= 0.3 is 0 Å². The molecule has 2 aromatic carbocycles. The maximum absolute atomic E-state index is 13.3. The van der Waals surface area contributed by atoms with Crippen LogP contribution in [0.2, 0.25) is 5.02 Å². The molecule has 0 aromatic heterocycles. The number of hydrogen-bond donors (Lipinski definition) is 0. The minimum atomic E-state index is -0.697. The van der Waals surface area contributed by atoms with E-state index in [1.807, 2.05) is 0 Å². The van der Waals surface area contributed by atoms with Crippen LogP contribution in [-0.4, -0.2) is 0 Å². The molecule has 0 bridgehead atoms. The molecule has 1 radical (unpaired) electrons. The van der Waals surface area contributed by atoms with Crippen LogP contribution in [0, 0.1) is 17.7 Å². The Morgan fingerprint density at radius 2 is 1.67 bits per heavy atom. The Balaban J connectivity index is 2.58. The van der Waals surface area contributed by atoms with E-state index in [4.69, 9.17) is 11.6 Å². The molecule has 0 fully saturated rings. The summed E-state index contributed by atoms with van der Waals surface area (Å²) in [5.41, 5.74) is 0.375. The van der Waals surface area contributed by atoms with Gasteiger partial charge in [0.1, 0.15) is 11.6 Å². The maximum Gasteiger partial charge on any atom is 0.141 e. The summed E-state index contributed by atoms with van der Waals surface area (Å²) in [7, 11) is 0. The van der Waals surface area contributed by atoms with Crippen molar-refractivity contribution in [3.63, 3.8) is 0 Å². The third kappa shape index (κ3) is 2.00. The molecule has 75 valence electrons. The molecule has 0 aliphatic heterocycles. The zero-order chi connectivity index (χ0) is 10.8. The Bertz CT molecular complexity index is 457. The average Bonchev–Trinajstić information content (AvgIpc) is 2.20. The molecule has 0 heterocycles. The summed E-state index contributed by atoms with van der Waals surface area (Å²) in [5, 5.41) is 0.527. The summed E-state index contributed by atoms with van der Waals surface area (Å²) >= 11 is 5.68. The molecule has 3 heteroatoms. The minimum absolute atomic E-state index is 0.0748. The number of hydrogen-bond acceptors (Lipinski definition) is 0. The van der Waals surface area contributed by atoms with E-state index in [0.29, 0.717) is 10.6 Å². The second-order valence-electron chi connectivity index (χ2n) is 3.02. The van der Waals surface area contributed by atoms with E-state index in [1.165, 1.54) is 12.1 Å². The highest BCUT2D eigenvalue weighted by Crippen LogP contribution is 2.26. The molecule has 0 amide bonds. The molecule has 0 saturated carbocycles. The van der Waals surface area contributed by atoms with E-state index in [9.17, 15) is 8.78 Å². The molecule has 0 N–H and O–H groups in total. The molecular weight excluding hydrogens is 218 g/mol. The van der Waals surface area contributed by atoms with Crippen LogP contribution in [0.25, 0.3) is 11.1 Å². The number of halogens is 3. The zero-order valence-corrected chi connectivity index (χ0v) is 8.35. The van der Waals surface area contributed by atoms with Gasteiger partial charge in [-0.1, -0.05) is 23.7 Å². The smallest absolute Gasteiger partial charge is 0.141 e. The van der Waals surface area contributed by atoms with Crippen molar-refractivity contribution in [3.8, 4) is 11.1 Å². The van der Waals surface area contributed by atoms with E-state index in [0.717, 1.165) is 0 Å². The van der Waals surface area contributed by atoms with Gasteiger partial charge in [0, 0.05) is 11.1 Å². The first-order valence-electron chi connectivity index (χ1n) is 4.30. The molecule has 0 spiro atoms. The fourth-order valence-corrected chi connectivity index (χ4v) is 1.46. The molecule has 15 heavy (non-hydrogen) atoms. The van der Waals surface area contributed by atoms with Crippen LogP contribution in [0.15, 0.2) is 36.4 Å². The zero-order valence-electron chi connectivity index (χ0n) is 7.60. The molecule has 0 aliphatic carbocycles. The highest BCUT2D eigenvalue weighted by molar-refractivity contribution is 6.30. The third-order valence-electron chi connectivity index (χ3n) is 2.03. The van der Waals surface area contributed by atoms with Crippen LogP contribution >= 0.6 is 11.6 Å². The molecule has 0 saturated heterocycles. The Morgan fingerprint density at radius 1 is 1.00 bits per heavy atom. The first-order valence-corrected chi connectivity index (χ1v) is 4.68. The second kappa shape index (κ2) is 3.99. The van der Waals surface area contributed by atoms with Gasteiger partial charge < -0.3 is 0 Å². The monoisotopic (exact) mass is 223 g/mol.